The molecule has 0 aliphatic carbocycles. The molecule has 0 saturated heterocycles. The van der Waals surface area contributed by atoms with E-state index in [2.05, 4.69) is 12.2 Å². The Morgan fingerprint density at radius 3 is 2.61 bits per heavy atom. The fourth-order valence-corrected chi connectivity index (χ4v) is 1.83. The van der Waals surface area contributed by atoms with Crippen LogP contribution in [0.3, 0.4) is 0 Å². The molecule has 1 aromatic carbocycles. The summed E-state index contributed by atoms with van der Waals surface area (Å²) in [6.45, 7) is 5.02. The molecule has 0 aliphatic heterocycles. The summed E-state index contributed by atoms with van der Waals surface area (Å²) in [4.78, 5) is 0. The van der Waals surface area contributed by atoms with Crippen molar-refractivity contribution in [1.82, 2.24) is 5.32 Å². The first-order valence-corrected chi connectivity index (χ1v) is 6.33. The molecule has 0 radical (unpaired) electrons. The van der Waals surface area contributed by atoms with Gasteiger partial charge in [-0.2, -0.15) is 13.2 Å². The van der Waals surface area contributed by atoms with Crippen LogP contribution in [-0.4, -0.2) is 12.6 Å². The molecule has 0 spiro atoms. The van der Waals surface area contributed by atoms with Crippen LogP contribution in [-0.2, 0) is 12.6 Å². The van der Waals surface area contributed by atoms with Gasteiger partial charge in [-0.3, -0.25) is 0 Å². The van der Waals surface area contributed by atoms with Gasteiger partial charge in [0.05, 0.1) is 5.56 Å². The van der Waals surface area contributed by atoms with E-state index in [1.165, 1.54) is 12.1 Å². The van der Waals surface area contributed by atoms with Gasteiger partial charge in [-0.05, 0) is 37.9 Å². The Bertz CT molecular complexity index is 360. The molecular formula is C14H20F3N. The third-order valence-electron chi connectivity index (χ3n) is 2.82. The fourth-order valence-electron chi connectivity index (χ4n) is 1.83. The second-order valence-electron chi connectivity index (χ2n) is 4.61. The minimum Gasteiger partial charge on any atom is -0.314 e. The third-order valence-corrected chi connectivity index (χ3v) is 2.82. The van der Waals surface area contributed by atoms with Gasteiger partial charge in [0.2, 0.25) is 0 Å². The molecule has 0 aliphatic rings. The van der Waals surface area contributed by atoms with Gasteiger partial charge in [0.1, 0.15) is 0 Å². The van der Waals surface area contributed by atoms with Gasteiger partial charge >= 0.3 is 6.18 Å². The second kappa shape index (κ2) is 6.78. The third kappa shape index (κ3) is 5.08. The minimum absolute atomic E-state index is 0.194. The Hall–Kier alpha value is -1.03. The molecule has 102 valence electrons. The number of hydrogen-bond donors (Lipinski definition) is 1. The Labute approximate surface area is 106 Å². The molecular weight excluding hydrogens is 239 g/mol. The molecule has 18 heavy (non-hydrogen) atoms. The molecule has 4 heteroatoms. The molecule has 0 amide bonds. The number of benzene rings is 1. The Morgan fingerprint density at radius 2 is 2.00 bits per heavy atom. The predicted molar refractivity (Wildman–Crippen MR) is 67.5 cm³/mol. The lowest BCUT2D eigenvalue weighted by Gasteiger charge is -2.15. The predicted octanol–water partition coefficient (Wildman–Crippen LogP) is 4.03. The van der Waals surface area contributed by atoms with Crippen molar-refractivity contribution in [2.75, 3.05) is 6.54 Å². The van der Waals surface area contributed by atoms with Crippen LogP contribution in [0.2, 0.25) is 0 Å². The zero-order valence-corrected chi connectivity index (χ0v) is 10.8. The van der Waals surface area contributed by atoms with E-state index in [1.807, 2.05) is 6.92 Å². The van der Waals surface area contributed by atoms with E-state index in [0.29, 0.717) is 6.42 Å². The number of halogens is 3. The molecule has 0 aromatic heterocycles. The van der Waals surface area contributed by atoms with Crippen LogP contribution in [0.4, 0.5) is 13.2 Å². The van der Waals surface area contributed by atoms with Crippen LogP contribution in [0.5, 0.6) is 0 Å². The van der Waals surface area contributed by atoms with Crippen molar-refractivity contribution in [3.8, 4) is 0 Å². The monoisotopic (exact) mass is 259 g/mol. The van der Waals surface area contributed by atoms with Crippen LogP contribution < -0.4 is 5.32 Å². The summed E-state index contributed by atoms with van der Waals surface area (Å²) < 4.78 is 37.6. The van der Waals surface area contributed by atoms with Crippen LogP contribution >= 0.6 is 0 Å². The second-order valence-corrected chi connectivity index (χ2v) is 4.61. The van der Waals surface area contributed by atoms with Gasteiger partial charge in [0.15, 0.2) is 0 Å². The van der Waals surface area contributed by atoms with Crippen molar-refractivity contribution >= 4 is 0 Å². The maximum absolute atomic E-state index is 12.5. The smallest absolute Gasteiger partial charge is 0.314 e. The lowest BCUT2D eigenvalue weighted by molar-refractivity contribution is -0.137. The highest BCUT2D eigenvalue weighted by molar-refractivity contribution is 5.26. The first-order valence-electron chi connectivity index (χ1n) is 6.33. The van der Waals surface area contributed by atoms with E-state index in [1.54, 1.807) is 6.07 Å². The molecule has 1 N–H and O–H groups in total. The lowest BCUT2D eigenvalue weighted by atomic mass is 10.0. The summed E-state index contributed by atoms with van der Waals surface area (Å²) in [5.41, 5.74) is 0.155. The van der Waals surface area contributed by atoms with Crippen LogP contribution in [0.15, 0.2) is 24.3 Å². The largest absolute Gasteiger partial charge is 0.416 e. The maximum Gasteiger partial charge on any atom is 0.416 e. The average molecular weight is 259 g/mol. The summed E-state index contributed by atoms with van der Waals surface area (Å²) in [5.74, 6) is 0. The molecule has 1 unspecified atom stereocenters. The van der Waals surface area contributed by atoms with Gasteiger partial charge in [-0.25, -0.2) is 0 Å². The molecule has 1 aromatic rings. The number of nitrogens with one attached hydrogen (secondary N) is 1. The number of alkyl halides is 3. The number of unbranched alkanes of at least 4 members (excludes halogenated alkanes) is 1. The number of hydrogen-bond acceptors (Lipinski definition) is 1. The van der Waals surface area contributed by atoms with Crippen LogP contribution in [0, 0.1) is 0 Å². The summed E-state index contributed by atoms with van der Waals surface area (Å²) >= 11 is 0. The van der Waals surface area contributed by atoms with E-state index in [-0.39, 0.29) is 6.04 Å². The van der Waals surface area contributed by atoms with Gasteiger partial charge < -0.3 is 5.32 Å². The quantitative estimate of drug-likeness (QED) is 0.761. The molecule has 0 saturated carbocycles. The van der Waals surface area contributed by atoms with Crippen molar-refractivity contribution in [3.05, 3.63) is 35.4 Å². The molecule has 0 heterocycles. The molecule has 1 atom stereocenters. The topological polar surface area (TPSA) is 12.0 Å². The lowest BCUT2D eigenvalue weighted by Crippen LogP contribution is -2.29. The van der Waals surface area contributed by atoms with E-state index in [4.69, 9.17) is 0 Å². The summed E-state index contributed by atoms with van der Waals surface area (Å²) in [6, 6.07) is 5.75. The standard InChI is InChI=1S/C14H20F3N/c1-3-4-8-18-11(2)9-12-6-5-7-13(10-12)14(15,16)17/h5-7,10-11,18H,3-4,8-9H2,1-2H3. The zero-order chi connectivity index (χ0) is 13.6. The highest BCUT2D eigenvalue weighted by Crippen LogP contribution is 2.29. The van der Waals surface area contributed by atoms with E-state index >= 15 is 0 Å². The van der Waals surface area contributed by atoms with E-state index in [9.17, 15) is 13.2 Å². The van der Waals surface area contributed by atoms with E-state index < -0.39 is 11.7 Å². The van der Waals surface area contributed by atoms with Crippen molar-refractivity contribution in [2.24, 2.45) is 0 Å². The Kier molecular flexibility index (Phi) is 5.66. The highest BCUT2D eigenvalue weighted by atomic mass is 19.4. The summed E-state index contributed by atoms with van der Waals surface area (Å²) in [7, 11) is 0. The summed E-state index contributed by atoms with van der Waals surface area (Å²) in [6.07, 6.45) is -1.43. The molecule has 1 rings (SSSR count). The van der Waals surface area contributed by atoms with Crippen molar-refractivity contribution < 1.29 is 13.2 Å². The highest BCUT2D eigenvalue weighted by Gasteiger charge is 2.30. The summed E-state index contributed by atoms with van der Waals surface area (Å²) in [5, 5.41) is 3.31. The van der Waals surface area contributed by atoms with Gasteiger partial charge in [0.25, 0.3) is 0 Å². The zero-order valence-electron chi connectivity index (χ0n) is 10.8. The molecule has 1 nitrogen and oxygen atoms in total. The Balaban J connectivity index is 2.57. The average Bonchev–Trinajstić information content (AvgIpc) is 2.28. The first-order chi connectivity index (χ1) is 8.43. The van der Waals surface area contributed by atoms with E-state index in [0.717, 1.165) is 31.0 Å². The normalized spacial score (nSPS) is 13.6. The van der Waals surface area contributed by atoms with Crippen LogP contribution in [0.1, 0.15) is 37.8 Å². The van der Waals surface area contributed by atoms with Gasteiger partial charge in [0, 0.05) is 6.04 Å². The Morgan fingerprint density at radius 1 is 1.28 bits per heavy atom. The van der Waals surface area contributed by atoms with Gasteiger partial charge in [-0.1, -0.05) is 31.5 Å². The molecule has 0 bridgehead atoms. The fraction of sp³-hybridized carbons (Fsp3) is 0.571. The van der Waals surface area contributed by atoms with Crippen molar-refractivity contribution in [2.45, 2.75) is 45.3 Å². The molecule has 0 fully saturated rings. The number of rotatable bonds is 6. The maximum atomic E-state index is 12.5. The van der Waals surface area contributed by atoms with Gasteiger partial charge in [-0.15, -0.1) is 0 Å². The minimum atomic E-state index is -4.26. The van der Waals surface area contributed by atoms with Crippen molar-refractivity contribution in [1.29, 1.82) is 0 Å². The van der Waals surface area contributed by atoms with Crippen LogP contribution in [0.25, 0.3) is 0 Å². The SMILES string of the molecule is CCCCNC(C)Cc1cccc(C(F)(F)F)c1. The first kappa shape index (κ1) is 15.0. The van der Waals surface area contributed by atoms with Crippen molar-refractivity contribution in [3.63, 3.8) is 0 Å².